The molecule has 0 radical (unpaired) electrons. The Morgan fingerprint density at radius 1 is 1.21 bits per heavy atom. The third kappa shape index (κ3) is 2.12. The van der Waals surface area contributed by atoms with Crippen LogP contribution in [-0.4, -0.2) is 27.6 Å². The van der Waals surface area contributed by atoms with Crippen LogP contribution in [0.25, 0.3) is 5.65 Å². The van der Waals surface area contributed by atoms with E-state index in [0.29, 0.717) is 5.95 Å². The van der Waals surface area contributed by atoms with E-state index in [2.05, 4.69) is 20.7 Å². The summed E-state index contributed by atoms with van der Waals surface area (Å²) in [5.41, 5.74) is 1.55. The number of nitrogens with one attached hydrogen (secondary N) is 2. The number of rotatable bonds is 3. The normalized spacial score (nSPS) is 33.8. The quantitative estimate of drug-likeness (QED) is 0.910. The molecule has 4 fully saturated rings. The predicted molar refractivity (Wildman–Crippen MR) is 91.8 cm³/mol. The highest BCUT2D eigenvalue weighted by atomic mass is 16.2. The summed E-state index contributed by atoms with van der Waals surface area (Å²) in [5, 5.41) is 10.5. The average Bonchev–Trinajstić information content (AvgIpc) is 2.94. The third-order valence-corrected chi connectivity index (χ3v) is 6.37. The molecule has 6 heteroatoms. The summed E-state index contributed by atoms with van der Waals surface area (Å²) in [6.07, 6.45) is 9.05. The number of hydrogen-bond acceptors (Lipinski definition) is 4. The molecule has 0 spiro atoms. The average molecular weight is 325 g/mol. The lowest BCUT2D eigenvalue weighted by molar-refractivity contribution is -0.140. The predicted octanol–water partition coefficient (Wildman–Crippen LogP) is 2.93. The second-order valence-electron chi connectivity index (χ2n) is 8.06. The summed E-state index contributed by atoms with van der Waals surface area (Å²) in [4.78, 5) is 17.5. The zero-order valence-electron chi connectivity index (χ0n) is 14.0. The van der Waals surface area contributed by atoms with Gasteiger partial charge in [0.2, 0.25) is 11.9 Å². The Labute approximate surface area is 141 Å². The van der Waals surface area contributed by atoms with Crippen molar-refractivity contribution in [3.63, 3.8) is 0 Å². The zero-order chi connectivity index (χ0) is 16.3. The van der Waals surface area contributed by atoms with Crippen molar-refractivity contribution >= 4 is 23.2 Å². The topological polar surface area (TPSA) is 71.3 Å². The minimum absolute atomic E-state index is 0.145. The number of aromatic nitrogens is 3. The molecule has 6 nitrogen and oxygen atoms in total. The molecule has 0 aliphatic heterocycles. The van der Waals surface area contributed by atoms with Crippen LogP contribution < -0.4 is 10.6 Å². The number of anilines is 2. The summed E-state index contributed by atoms with van der Waals surface area (Å²) in [7, 11) is 1.87. The summed E-state index contributed by atoms with van der Waals surface area (Å²) in [5.74, 6) is 2.84. The fraction of sp³-hybridized carbons (Fsp3) is 0.611. The SMILES string of the molecule is CNc1ccn2nc(NC(=O)C34CC5CC(CC(C5)C3)C4)nc2c1. The molecule has 2 aromatic heterocycles. The number of carbonyl (C=O) groups is 1. The van der Waals surface area contributed by atoms with E-state index in [1.165, 1.54) is 19.3 Å². The van der Waals surface area contributed by atoms with Crippen molar-refractivity contribution in [1.82, 2.24) is 14.6 Å². The number of nitrogens with zero attached hydrogens (tertiary/aromatic N) is 3. The van der Waals surface area contributed by atoms with E-state index in [-0.39, 0.29) is 11.3 Å². The van der Waals surface area contributed by atoms with Gasteiger partial charge in [0.15, 0.2) is 5.65 Å². The van der Waals surface area contributed by atoms with Crippen molar-refractivity contribution < 1.29 is 4.79 Å². The highest BCUT2D eigenvalue weighted by molar-refractivity contribution is 5.94. The number of hydrogen-bond donors (Lipinski definition) is 2. The smallest absolute Gasteiger partial charge is 0.249 e. The van der Waals surface area contributed by atoms with Crippen LogP contribution >= 0.6 is 0 Å². The van der Waals surface area contributed by atoms with Crippen molar-refractivity contribution in [1.29, 1.82) is 0 Å². The van der Waals surface area contributed by atoms with Crippen LogP contribution in [-0.2, 0) is 4.79 Å². The molecule has 126 valence electrons. The van der Waals surface area contributed by atoms with E-state index in [4.69, 9.17) is 0 Å². The van der Waals surface area contributed by atoms with Crippen LogP contribution in [0.15, 0.2) is 18.3 Å². The fourth-order valence-electron chi connectivity index (χ4n) is 5.71. The van der Waals surface area contributed by atoms with Crippen molar-refractivity contribution in [2.45, 2.75) is 38.5 Å². The Hall–Kier alpha value is -2.11. The molecule has 2 heterocycles. The van der Waals surface area contributed by atoms with E-state index in [1.807, 2.05) is 25.4 Å². The van der Waals surface area contributed by atoms with Gasteiger partial charge in [-0.15, -0.1) is 5.10 Å². The first-order chi connectivity index (χ1) is 11.6. The van der Waals surface area contributed by atoms with Crippen molar-refractivity contribution in [2.75, 3.05) is 17.7 Å². The minimum atomic E-state index is -0.164. The fourth-order valence-corrected chi connectivity index (χ4v) is 5.71. The lowest BCUT2D eigenvalue weighted by Gasteiger charge is -2.55. The monoisotopic (exact) mass is 325 g/mol. The molecule has 4 saturated carbocycles. The Balaban J connectivity index is 1.40. The van der Waals surface area contributed by atoms with Gasteiger partial charge in [0, 0.05) is 25.0 Å². The Morgan fingerprint density at radius 2 is 1.88 bits per heavy atom. The molecule has 0 unspecified atom stereocenters. The molecule has 6 rings (SSSR count). The largest absolute Gasteiger partial charge is 0.388 e. The van der Waals surface area contributed by atoms with Gasteiger partial charge in [0.25, 0.3) is 0 Å². The second kappa shape index (κ2) is 4.94. The van der Waals surface area contributed by atoms with Gasteiger partial charge in [-0.05, 0) is 62.3 Å². The van der Waals surface area contributed by atoms with Crippen LogP contribution in [0, 0.1) is 23.2 Å². The maximum atomic E-state index is 13.1. The number of carbonyl (C=O) groups excluding carboxylic acids is 1. The van der Waals surface area contributed by atoms with Gasteiger partial charge in [0.1, 0.15) is 0 Å². The van der Waals surface area contributed by atoms with Crippen molar-refractivity contribution in [3.8, 4) is 0 Å². The van der Waals surface area contributed by atoms with Gasteiger partial charge in [0.05, 0.1) is 5.41 Å². The Morgan fingerprint density at radius 3 is 2.50 bits per heavy atom. The summed E-state index contributed by atoms with van der Waals surface area (Å²) in [6, 6.07) is 3.86. The van der Waals surface area contributed by atoms with Gasteiger partial charge in [-0.1, -0.05) is 0 Å². The first-order valence-corrected chi connectivity index (χ1v) is 8.99. The summed E-state index contributed by atoms with van der Waals surface area (Å²) >= 11 is 0. The first kappa shape index (κ1) is 14.3. The molecule has 0 saturated heterocycles. The number of pyridine rings is 1. The number of amides is 1. The Kier molecular flexibility index (Phi) is 2.94. The molecule has 2 aromatic rings. The summed E-state index contributed by atoms with van der Waals surface area (Å²) < 4.78 is 1.70. The van der Waals surface area contributed by atoms with Crippen LogP contribution in [0.1, 0.15) is 38.5 Å². The molecule has 24 heavy (non-hydrogen) atoms. The highest BCUT2D eigenvalue weighted by Crippen LogP contribution is 2.60. The van der Waals surface area contributed by atoms with Crippen LogP contribution in [0.4, 0.5) is 11.6 Å². The molecular weight excluding hydrogens is 302 g/mol. The van der Waals surface area contributed by atoms with Gasteiger partial charge in [-0.2, -0.15) is 4.98 Å². The lowest BCUT2D eigenvalue weighted by atomic mass is 9.49. The van der Waals surface area contributed by atoms with E-state index >= 15 is 0 Å². The minimum Gasteiger partial charge on any atom is -0.388 e. The van der Waals surface area contributed by atoms with Gasteiger partial charge >= 0.3 is 0 Å². The van der Waals surface area contributed by atoms with E-state index in [1.54, 1.807) is 4.52 Å². The van der Waals surface area contributed by atoms with Gasteiger partial charge in [-0.25, -0.2) is 4.52 Å². The Bertz CT molecular complexity index is 776. The zero-order valence-corrected chi connectivity index (χ0v) is 14.0. The standard InChI is InChI=1S/C18H23N5O/c1-19-14-2-3-23-15(7-14)20-17(22-23)21-16(24)18-8-11-4-12(9-18)6-13(5-11)10-18/h2-3,7,11-13,19H,4-6,8-10H2,1H3,(H,21,22,24). The van der Waals surface area contributed by atoms with E-state index in [9.17, 15) is 4.79 Å². The molecule has 4 bridgehead atoms. The van der Waals surface area contributed by atoms with Crippen molar-refractivity contribution in [2.24, 2.45) is 23.2 Å². The molecule has 2 N–H and O–H groups in total. The van der Waals surface area contributed by atoms with E-state index in [0.717, 1.165) is 48.4 Å². The highest BCUT2D eigenvalue weighted by Gasteiger charge is 2.54. The second-order valence-corrected chi connectivity index (χ2v) is 8.06. The third-order valence-electron chi connectivity index (χ3n) is 6.37. The summed E-state index contributed by atoms with van der Waals surface area (Å²) in [6.45, 7) is 0. The lowest BCUT2D eigenvalue weighted by Crippen LogP contribution is -2.51. The maximum absolute atomic E-state index is 13.1. The molecule has 4 aliphatic carbocycles. The van der Waals surface area contributed by atoms with Crippen LogP contribution in [0.3, 0.4) is 0 Å². The van der Waals surface area contributed by atoms with Crippen LogP contribution in [0.5, 0.6) is 0 Å². The van der Waals surface area contributed by atoms with Gasteiger partial charge < -0.3 is 5.32 Å². The first-order valence-electron chi connectivity index (χ1n) is 8.99. The molecule has 4 aliphatic rings. The molecule has 0 atom stereocenters. The van der Waals surface area contributed by atoms with E-state index < -0.39 is 0 Å². The maximum Gasteiger partial charge on any atom is 0.249 e. The van der Waals surface area contributed by atoms with Gasteiger partial charge in [-0.3, -0.25) is 10.1 Å². The van der Waals surface area contributed by atoms with Crippen molar-refractivity contribution in [3.05, 3.63) is 18.3 Å². The molecule has 1 amide bonds. The molecule has 0 aromatic carbocycles. The number of fused-ring (bicyclic) bond motifs is 1. The molecular formula is C18H23N5O. The van der Waals surface area contributed by atoms with Crippen LogP contribution in [0.2, 0.25) is 0 Å².